The van der Waals surface area contributed by atoms with Crippen molar-refractivity contribution in [2.24, 2.45) is 34.3 Å². The number of alkyl carbamates (subject to hydrolysis) is 1. The Morgan fingerprint density at radius 2 is 1.13 bits per heavy atom. The van der Waals surface area contributed by atoms with Crippen LogP contribution in [0.5, 0.6) is 5.75 Å². The molecule has 13 amide bonds. The fourth-order valence-corrected chi connectivity index (χ4v) is 16.9. The molecule has 14 atom stereocenters. The first-order valence-electron chi connectivity index (χ1n) is 39.9. The number of phenols is 1. The van der Waals surface area contributed by atoms with Gasteiger partial charge in [0, 0.05) is 49.5 Å². The normalized spacial score (nSPS) is 22.6. The summed E-state index contributed by atoms with van der Waals surface area (Å²) in [6, 6.07) is 10.2. The van der Waals surface area contributed by atoms with Crippen LogP contribution in [-0.2, 0) is 107 Å². The third-order valence-electron chi connectivity index (χ3n) is 23.5. The molecule has 0 aromatic heterocycles. The molecule has 3 aromatic carbocycles. The molecule has 8 rings (SSSR count). The number of urea groups is 1. The molecule has 0 spiro atoms. The number of aliphatic hydroxyl groups is 5. The summed E-state index contributed by atoms with van der Waals surface area (Å²) < 4.78 is 27.3. The number of aryl methyl sites for hydroxylation is 2. The van der Waals surface area contributed by atoms with Gasteiger partial charge in [0.1, 0.15) is 48.8 Å². The maximum Gasteiger partial charge on any atom is 0.408 e. The highest BCUT2D eigenvalue weighted by molar-refractivity contribution is 6.13. The number of ether oxygens (including phenoxy) is 5. The molecule has 5 aliphatic rings. The van der Waals surface area contributed by atoms with Crippen LogP contribution >= 0.6 is 0 Å². The topological polar surface area (TPSA) is 527 Å². The summed E-state index contributed by atoms with van der Waals surface area (Å²) in [5.74, 6) is -7.01. The number of nitrogens with one attached hydrogen (secondary N) is 9. The lowest BCUT2D eigenvalue weighted by Gasteiger charge is -2.56. The highest BCUT2D eigenvalue weighted by Gasteiger charge is 2.59. The van der Waals surface area contributed by atoms with Gasteiger partial charge in [-0.2, -0.15) is 0 Å². The molecule has 35 nitrogen and oxygen atoms in total. The van der Waals surface area contributed by atoms with Gasteiger partial charge < -0.3 is 107 Å². The highest BCUT2D eigenvalue weighted by Crippen LogP contribution is 2.60. The first-order chi connectivity index (χ1) is 55.6. The molecule has 1 aliphatic heterocycles. The molecule has 35 heteroatoms. The van der Waals surface area contributed by atoms with Gasteiger partial charge in [-0.1, -0.05) is 78.6 Å². The van der Waals surface area contributed by atoms with E-state index in [0.717, 1.165) is 53.7 Å². The number of carbonyl (C=O) groups excluding carboxylic acids is 13. The summed E-state index contributed by atoms with van der Waals surface area (Å²) in [5.41, 5.74) is 7.81. The van der Waals surface area contributed by atoms with E-state index in [4.69, 9.17) is 34.5 Å². The van der Waals surface area contributed by atoms with Crippen molar-refractivity contribution < 1.29 is 117 Å². The van der Waals surface area contributed by atoms with E-state index in [0.29, 0.717) is 43.4 Å². The van der Waals surface area contributed by atoms with Crippen molar-refractivity contribution in [3.05, 3.63) is 101 Å². The lowest BCUT2D eigenvalue weighted by molar-refractivity contribution is -0.150. The first-order valence-corrected chi connectivity index (χ1v) is 39.9. The Balaban J connectivity index is 0.816. The van der Waals surface area contributed by atoms with Crippen molar-refractivity contribution in [1.82, 2.24) is 42.1 Å². The fraction of sp³-hybridized carbons (Fsp3) is 0.598. The van der Waals surface area contributed by atoms with Gasteiger partial charge in [0.15, 0.2) is 12.3 Å². The van der Waals surface area contributed by atoms with Crippen LogP contribution < -0.4 is 53.6 Å². The number of rotatable bonds is 44. The number of aromatic hydroxyl groups is 1. The molecule has 0 saturated heterocycles. The number of hydrogen-bond donors (Lipinski definition) is 16. The number of nitrogens with zero attached hydrogens (tertiary/aromatic N) is 1. The third kappa shape index (κ3) is 24.6. The quantitative estimate of drug-likeness (QED) is 0.0165. The number of anilines is 2. The van der Waals surface area contributed by atoms with Crippen LogP contribution in [0.25, 0.3) is 0 Å². The average molecular weight is 1640 g/mol. The smallest absolute Gasteiger partial charge is 0.408 e. The number of benzene rings is 3. The Morgan fingerprint density at radius 3 is 1.70 bits per heavy atom. The van der Waals surface area contributed by atoms with Crippen molar-refractivity contribution in [2.75, 3.05) is 89.7 Å². The maximum absolute atomic E-state index is 14.8. The largest absolute Gasteiger partial charge is 0.508 e. The van der Waals surface area contributed by atoms with E-state index in [1.807, 2.05) is 38.1 Å². The van der Waals surface area contributed by atoms with Crippen LogP contribution in [0.15, 0.2) is 72.8 Å². The van der Waals surface area contributed by atoms with Gasteiger partial charge in [0.2, 0.25) is 41.4 Å². The van der Waals surface area contributed by atoms with E-state index >= 15 is 0 Å². The monoisotopic (exact) mass is 1640 g/mol. The Labute approximate surface area is 679 Å². The van der Waals surface area contributed by atoms with Gasteiger partial charge in [-0.3, -0.25) is 58.2 Å². The number of primary amides is 1. The summed E-state index contributed by atoms with van der Waals surface area (Å²) in [5, 5.41) is 83.3. The van der Waals surface area contributed by atoms with Crippen molar-refractivity contribution in [2.45, 2.75) is 204 Å². The molecular weight excluding hydrogens is 1520 g/mol. The molecule has 4 aliphatic carbocycles. The van der Waals surface area contributed by atoms with E-state index < -0.39 is 156 Å². The van der Waals surface area contributed by atoms with Crippen molar-refractivity contribution in [3.8, 4) is 5.75 Å². The van der Waals surface area contributed by atoms with Crippen LogP contribution in [0.1, 0.15) is 153 Å². The minimum absolute atomic E-state index is 0.0105. The molecule has 2 saturated carbocycles. The Kier molecular flexibility index (Phi) is 34.1. The van der Waals surface area contributed by atoms with Gasteiger partial charge in [0.05, 0.1) is 82.9 Å². The third-order valence-corrected chi connectivity index (χ3v) is 23.5. The second-order valence-electron chi connectivity index (χ2n) is 31.9. The van der Waals surface area contributed by atoms with Crippen molar-refractivity contribution in [3.63, 3.8) is 0 Å². The number of imide groups is 2. The van der Waals surface area contributed by atoms with Gasteiger partial charge in [-0.05, 0) is 163 Å². The van der Waals surface area contributed by atoms with Crippen LogP contribution in [0.4, 0.5) is 21.0 Å². The maximum atomic E-state index is 14.8. The molecule has 0 radical (unpaired) electrons. The molecule has 1 heterocycles. The number of aliphatic hydroxyl groups excluding tert-OH is 5. The second kappa shape index (κ2) is 43.0. The summed E-state index contributed by atoms with van der Waals surface area (Å²) >= 11 is 0. The molecule has 3 aromatic rings. The number of phenolic OH excluding ortho intramolecular Hbond substituents is 1. The summed E-state index contributed by atoms with van der Waals surface area (Å²) in [6.45, 7) is 10.6. The van der Waals surface area contributed by atoms with E-state index in [-0.39, 0.29) is 139 Å². The molecule has 642 valence electrons. The Morgan fingerprint density at radius 1 is 0.590 bits per heavy atom. The molecule has 0 bridgehead atoms. The average Bonchev–Trinajstić information content (AvgIpc) is 1.02. The number of carbonyl (C=O) groups is 13. The highest BCUT2D eigenvalue weighted by atomic mass is 16.6. The number of amides is 13. The summed E-state index contributed by atoms with van der Waals surface area (Å²) in [4.78, 5) is 174. The number of fused-ring (bicyclic) bond motifs is 6. The van der Waals surface area contributed by atoms with E-state index in [1.165, 1.54) is 42.0 Å². The minimum atomic E-state index is -2.00. The zero-order valence-electron chi connectivity index (χ0n) is 67.2. The van der Waals surface area contributed by atoms with E-state index in [9.17, 15) is 87.9 Å². The Bertz CT molecular complexity index is 4040. The lowest BCUT2D eigenvalue weighted by Crippen LogP contribution is -2.60. The van der Waals surface area contributed by atoms with Gasteiger partial charge >= 0.3 is 12.1 Å². The van der Waals surface area contributed by atoms with Gasteiger partial charge in [-0.25, -0.2) is 9.59 Å². The number of aldehydes is 1. The molecular formula is C82H115N11O24. The number of nitrogens with two attached hydrogens (primary N) is 1. The Hall–Kier alpha value is -9.85. The molecule has 2 fully saturated rings. The lowest BCUT2D eigenvalue weighted by atomic mass is 9.49. The second-order valence-corrected chi connectivity index (χ2v) is 31.9. The SMILES string of the molecule is CC(C)[C@H](NC(=O)[C@@H](CCC(=O)NC[C@H](O)[C@@H](O)[C@H](O)[C@H](O)CO)NC(=O)CCOCCOCCOCCOCCN1C(=O)C=CC1=O)C(=O)N[C@@H](CCCNC(N)=O)C(=O)Nc1ccc(COC(=O)N[C@@H](C=O)C(=O)Nc2ccc3c(c2)[C@@]2(C)CCC[C@](C)(C(=O)NC(=O)[C@@]4(C)CCC[C@]5(C)c6cc(O)ccc6CC[C@@H]45)[C@@H]2CC3)cc1. The molecule has 0 unspecified atom stereocenters. The van der Waals surface area contributed by atoms with Crippen molar-refractivity contribution >= 4 is 88.9 Å². The molecule has 17 N–H and O–H groups in total. The van der Waals surface area contributed by atoms with Gasteiger partial charge in [0.25, 0.3) is 17.7 Å². The van der Waals surface area contributed by atoms with E-state index in [2.05, 4.69) is 61.7 Å². The minimum Gasteiger partial charge on any atom is -0.508 e. The van der Waals surface area contributed by atoms with Crippen molar-refractivity contribution in [1.29, 1.82) is 0 Å². The van der Waals surface area contributed by atoms with Crippen LogP contribution in [0, 0.1) is 28.6 Å². The standard InChI is InChI=1S/C82H115N11O24/c1-48(2)68(91-72(106)58(21-24-64(99)85-44-60(97)69(103)70(104)61(98)46-95)88-65(100)27-34-113-36-38-115-40-41-116-39-37-114-35-33-93-66(101)25-26-67(93)102)74(108)89-57(10-7-32-84-77(83)111)71(105)86-52-17-11-49(12-18-52)47-117-78(112)90-59(45-94)73(107)87-53-19-13-50-15-22-62-79(3,55(50)42-53)28-8-30-81(62,5)75(109)92-76(110)82(6)31-9-29-80(4)56-43-54(96)20-14-51(56)16-23-63(80)82/h11-14,17-20,25-26,42-43,45,48,57-63,68-70,95-98,103-104H,7-10,15-16,21-24,27-41,44,46-47H2,1-6H3,(H,85,99)(H,86,105)(H,87,107)(H,88,100)(H,89,108)(H,90,112)(H,91,106)(H3,83,84,111)(H,92,109,110)/t57-,58+,59-,60-,61+,62+,63+,68-,69+,70+,79+,80+,81-,82-/m0/s1. The number of hydrogen-bond acceptors (Lipinski definition) is 24. The van der Waals surface area contributed by atoms with Crippen LogP contribution in [0.2, 0.25) is 0 Å². The van der Waals surface area contributed by atoms with Gasteiger partial charge in [-0.15, -0.1) is 0 Å². The van der Waals surface area contributed by atoms with Crippen LogP contribution in [-0.4, -0.2) is 241 Å². The first kappa shape index (κ1) is 92.7. The fourth-order valence-electron chi connectivity index (χ4n) is 16.9. The predicted molar refractivity (Wildman–Crippen MR) is 421 cm³/mol. The van der Waals surface area contributed by atoms with E-state index in [1.54, 1.807) is 26.0 Å². The zero-order chi connectivity index (χ0) is 85.4. The predicted octanol–water partition coefficient (Wildman–Crippen LogP) is 1.40. The summed E-state index contributed by atoms with van der Waals surface area (Å²) in [7, 11) is 0. The molecule has 117 heavy (non-hydrogen) atoms. The van der Waals surface area contributed by atoms with Crippen LogP contribution in [0.3, 0.4) is 0 Å². The zero-order valence-corrected chi connectivity index (χ0v) is 67.2. The summed E-state index contributed by atoms with van der Waals surface area (Å²) in [6.07, 6.45) is -0.0982.